The molecule has 0 spiro atoms. The van der Waals surface area contributed by atoms with E-state index in [9.17, 15) is 9.59 Å². The number of nitrogens with zero attached hydrogens (tertiary/aromatic N) is 1. The second kappa shape index (κ2) is 6.92. The van der Waals surface area contributed by atoms with Crippen molar-refractivity contribution in [2.24, 2.45) is 0 Å². The Balaban J connectivity index is 2.86. The summed E-state index contributed by atoms with van der Waals surface area (Å²) in [7, 11) is 0. The number of amides is 1. The van der Waals surface area contributed by atoms with Crippen molar-refractivity contribution in [2.45, 2.75) is 27.7 Å². The zero-order chi connectivity index (χ0) is 14.4. The molecule has 0 aliphatic carbocycles. The van der Waals surface area contributed by atoms with E-state index in [1.54, 1.807) is 13.0 Å². The van der Waals surface area contributed by atoms with Gasteiger partial charge in [-0.25, -0.2) is 0 Å². The van der Waals surface area contributed by atoms with Gasteiger partial charge in [0, 0.05) is 12.1 Å². The largest absolute Gasteiger partial charge is 0.465 e. The van der Waals surface area contributed by atoms with Crippen LogP contribution in [0, 0.1) is 13.8 Å². The van der Waals surface area contributed by atoms with E-state index in [-0.39, 0.29) is 18.4 Å². The van der Waals surface area contributed by atoms with Crippen molar-refractivity contribution in [3.8, 4) is 0 Å². The number of rotatable bonds is 5. The van der Waals surface area contributed by atoms with Crippen molar-refractivity contribution in [1.82, 2.24) is 4.90 Å². The van der Waals surface area contributed by atoms with E-state index in [1.807, 2.05) is 32.9 Å². The number of hydrogen-bond donors (Lipinski definition) is 0. The average molecular weight is 263 g/mol. The van der Waals surface area contributed by atoms with Crippen LogP contribution in [0.2, 0.25) is 0 Å². The van der Waals surface area contributed by atoms with Gasteiger partial charge in [0.25, 0.3) is 5.91 Å². The molecule has 0 aliphatic rings. The lowest BCUT2D eigenvalue weighted by Crippen LogP contribution is -2.36. The molecule has 0 atom stereocenters. The molecule has 19 heavy (non-hydrogen) atoms. The average Bonchev–Trinajstić information content (AvgIpc) is 2.35. The predicted molar refractivity (Wildman–Crippen MR) is 74.1 cm³/mol. The maximum absolute atomic E-state index is 12.4. The molecule has 1 aromatic carbocycles. The van der Waals surface area contributed by atoms with Gasteiger partial charge in [-0.15, -0.1) is 0 Å². The van der Waals surface area contributed by atoms with Crippen molar-refractivity contribution in [1.29, 1.82) is 0 Å². The fourth-order valence-electron chi connectivity index (χ4n) is 1.91. The Hall–Kier alpha value is -1.84. The lowest BCUT2D eigenvalue weighted by Gasteiger charge is -2.20. The summed E-state index contributed by atoms with van der Waals surface area (Å²) in [5.74, 6) is -0.504. The number of likely N-dealkylation sites (N-methyl/N-ethyl adjacent to an activating group) is 1. The van der Waals surface area contributed by atoms with Gasteiger partial charge in [0.15, 0.2) is 0 Å². The van der Waals surface area contributed by atoms with E-state index in [0.717, 1.165) is 11.1 Å². The number of hydrogen-bond acceptors (Lipinski definition) is 3. The highest BCUT2D eigenvalue weighted by Gasteiger charge is 2.19. The Morgan fingerprint density at radius 2 is 1.89 bits per heavy atom. The maximum atomic E-state index is 12.4. The number of benzene rings is 1. The van der Waals surface area contributed by atoms with Crippen LogP contribution in [0.3, 0.4) is 0 Å². The van der Waals surface area contributed by atoms with Crippen molar-refractivity contribution < 1.29 is 14.3 Å². The topological polar surface area (TPSA) is 46.6 Å². The first-order chi connectivity index (χ1) is 8.99. The highest BCUT2D eigenvalue weighted by Crippen LogP contribution is 2.13. The minimum atomic E-state index is -0.373. The molecule has 104 valence electrons. The fourth-order valence-corrected chi connectivity index (χ4v) is 1.91. The summed E-state index contributed by atoms with van der Waals surface area (Å²) in [5, 5.41) is 0. The van der Waals surface area contributed by atoms with Gasteiger partial charge in [0.1, 0.15) is 6.54 Å². The predicted octanol–water partition coefficient (Wildman–Crippen LogP) is 2.33. The van der Waals surface area contributed by atoms with Gasteiger partial charge < -0.3 is 9.64 Å². The molecule has 1 amide bonds. The lowest BCUT2D eigenvalue weighted by atomic mass is 10.0. The van der Waals surface area contributed by atoms with Crippen molar-refractivity contribution >= 4 is 11.9 Å². The van der Waals surface area contributed by atoms with Crippen LogP contribution in [0.25, 0.3) is 0 Å². The van der Waals surface area contributed by atoms with Crippen LogP contribution in [0.5, 0.6) is 0 Å². The summed E-state index contributed by atoms with van der Waals surface area (Å²) in [5.41, 5.74) is 2.67. The summed E-state index contributed by atoms with van der Waals surface area (Å²) in [6, 6.07) is 5.67. The van der Waals surface area contributed by atoms with E-state index >= 15 is 0 Å². The normalized spacial score (nSPS) is 10.1. The van der Waals surface area contributed by atoms with E-state index in [2.05, 4.69) is 0 Å². The number of aryl methyl sites for hydroxylation is 2. The zero-order valence-corrected chi connectivity index (χ0v) is 12.0. The number of ether oxygens (including phenoxy) is 1. The van der Waals surface area contributed by atoms with Gasteiger partial charge in [-0.3, -0.25) is 9.59 Å². The third-order valence-corrected chi connectivity index (χ3v) is 2.91. The Labute approximate surface area is 114 Å². The minimum Gasteiger partial charge on any atom is -0.465 e. The maximum Gasteiger partial charge on any atom is 0.325 e. The molecular formula is C15H21NO3. The van der Waals surface area contributed by atoms with E-state index in [0.29, 0.717) is 18.7 Å². The van der Waals surface area contributed by atoms with Gasteiger partial charge in [-0.1, -0.05) is 17.7 Å². The first kappa shape index (κ1) is 15.2. The molecular weight excluding hydrogens is 242 g/mol. The van der Waals surface area contributed by atoms with Crippen molar-refractivity contribution in [3.05, 3.63) is 34.9 Å². The van der Waals surface area contributed by atoms with Gasteiger partial charge in [-0.2, -0.15) is 0 Å². The summed E-state index contributed by atoms with van der Waals surface area (Å²) < 4.78 is 4.88. The number of carbonyl (C=O) groups excluding carboxylic acids is 2. The molecule has 0 N–H and O–H groups in total. The molecule has 0 heterocycles. The van der Waals surface area contributed by atoms with Crippen LogP contribution < -0.4 is 0 Å². The SMILES string of the molecule is CCOC(=O)CN(CC)C(=O)c1ccc(C)cc1C. The smallest absolute Gasteiger partial charge is 0.325 e. The van der Waals surface area contributed by atoms with E-state index in [4.69, 9.17) is 4.74 Å². The Morgan fingerprint density at radius 1 is 1.21 bits per heavy atom. The van der Waals surface area contributed by atoms with Crippen LogP contribution in [0.1, 0.15) is 35.3 Å². The third-order valence-electron chi connectivity index (χ3n) is 2.91. The second-order valence-electron chi connectivity index (χ2n) is 4.44. The van der Waals surface area contributed by atoms with Crippen LogP contribution in [-0.4, -0.2) is 36.5 Å². The molecule has 0 radical (unpaired) electrons. The first-order valence-electron chi connectivity index (χ1n) is 6.51. The standard InChI is InChI=1S/C15H21NO3/c1-5-16(10-14(17)19-6-2)15(18)13-8-7-11(3)9-12(13)4/h7-9H,5-6,10H2,1-4H3. The van der Waals surface area contributed by atoms with Gasteiger partial charge in [0.05, 0.1) is 6.61 Å². The molecule has 0 saturated heterocycles. The van der Waals surface area contributed by atoms with Crippen molar-refractivity contribution in [3.63, 3.8) is 0 Å². The summed E-state index contributed by atoms with van der Waals surface area (Å²) in [4.78, 5) is 25.3. The first-order valence-corrected chi connectivity index (χ1v) is 6.51. The monoisotopic (exact) mass is 263 g/mol. The van der Waals surface area contributed by atoms with Gasteiger partial charge >= 0.3 is 5.97 Å². The molecule has 1 rings (SSSR count). The molecule has 4 nitrogen and oxygen atoms in total. The molecule has 0 bridgehead atoms. The number of carbonyl (C=O) groups is 2. The second-order valence-corrected chi connectivity index (χ2v) is 4.44. The molecule has 0 aromatic heterocycles. The Bertz CT molecular complexity index is 468. The van der Waals surface area contributed by atoms with E-state index in [1.165, 1.54) is 4.90 Å². The summed E-state index contributed by atoms with van der Waals surface area (Å²) in [6.07, 6.45) is 0. The molecule has 0 unspecified atom stereocenters. The number of esters is 1. The lowest BCUT2D eigenvalue weighted by molar-refractivity contribution is -0.143. The van der Waals surface area contributed by atoms with Gasteiger partial charge in [0.2, 0.25) is 0 Å². The zero-order valence-electron chi connectivity index (χ0n) is 12.0. The van der Waals surface area contributed by atoms with Crippen LogP contribution in [0.4, 0.5) is 0 Å². The highest BCUT2D eigenvalue weighted by atomic mass is 16.5. The Kier molecular flexibility index (Phi) is 5.55. The minimum absolute atomic E-state index is 0.00348. The third kappa shape index (κ3) is 4.09. The van der Waals surface area contributed by atoms with Crippen LogP contribution >= 0.6 is 0 Å². The van der Waals surface area contributed by atoms with Crippen LogP contribution in [-0.2, 0) is 9.53 Å². The van der Waals surface area contributed by atoms with Crippen molar-refractivity contribution in [2.75, 3.05) is 19.7 Å². The summed E-state index contributed by atoms with van der Waals surface area (Å²) >= 11 is 0. The molecule has 0 aliphatic heterocycles. The molecule has 0 saturated carbocycles. The molecule has 4 heteroatoms. The molecule has 0 fully saturated rings. The highest BCUT2D eigenvalue weighted by molar-refractivity contribution is 5.97. The van der Waals surface area contributed by atoms with E-state index < -0.39 is 0 Å². The summed E-state index contributed by atoms with van der Waals surface area (Å²) in [6.45, 7) is 8.28. The Morgan fingerprint density at radius 3 is 2.42 bits per heavy atom. The van der Waals surface area contributed by atoms with Gasteiger partial charge in [-0.05, 0) is 39.3 Å². The fraction of sp³-hybridized carbons (Fsp3) is 0.467. The quantitative estimate of drug-likeness (QED) is 0.766. The molecule has 1 aromatic rings. The van der Waals surface area contributed by atoms with Crippen LogP contribution in [0.15, 0.2) is 18.2 Å².